The van der Waals surface area contributed by atoms with Crippen LogP contribution in [-0.4, -0.2) is 19.2 Å². The minimum atomic E-state index is -0.187. The summed E-state index contributed by atoms with van der Waals surface area (Å²) in [5.74, 6) is -0.187. The van der Waals surface area contributed by atoms with Crippen molar-refractivity contribution < 1.29 is 9.59 Å². The topological polar surface area (TPSA) is 58.2 Å². The summed E-state index contributed by atoms with van der Waals surface area (Å²) in [6, 6.07) is 7.54. The van der Waals surface area contributed by atoms with Crippen molar-refractivity contribution in [3.63, 3.8) is 0 Å². The van der Waals surface area contributed by atoms with Gasteiger partial charge >= 0.3 is 0 Å². The lowest BCUT2D eigenvalue weighted by Gasteiger charge is -2.08. The van der Waals surface area contributed by atoms with E-state index < -0.39 is 0 Å². The van der Waals surface area contributed by atoms with Crippen LogP contribution in [0, 0.1) is 0 Å². The molecule has 106 valence electrons. The first-order valence-electron chi connectivity index (χ1n) is 6.27. The van der Waals surface area contributed by atoms with Crippen LogP contribution in [0.2, 0.25) is 0 Å². The minimum absolute atomic E-state index is 0.187. The highest BCUT2D eigenvalue weighted by Crippen LogP contribution is 2.34. The SMILES string of the molecule is CNC1=C(c2cccs2)C(=O)N/C1=C(/C=O)c1cccs1. The Kier molecular flexibility index (Phi) is 3.72. The van der Waals surface area contributed by atoms with Gasteiger partial charge in [0.1, 0.15) is 0 Å². The number of carbonyl (C=O) groups excluding carboxylic acids is 2. The third kappa shape index (κ3) is 2.32. The van der Waals surface area contributed by atoms with Gasteiger partial charge in [-0.2, -0.15) is 0 Å². The van der Waals surface area contributed by atoms with E-state index in [9.17, 15) is 9.59 Å². The van der Waals surface area contributed by atoms with Gasteiger partial charge in [-0.3, -0.25) is 9.59 Å². The second-order valence-corrected chi connectivity index (χ2v) is 6.21. The zero-order valence-corrected chi connectivity index (χ0v) is 12.8. The fraction of sp³-hybridized carbons (Fsp3) is 0.0667. The van der Waals surface area contributed by atoms with Crippen molar-refractivity contribution in [2.24, 2.45) is 0 Å². The molecule has 0 fully saturated rings. The van der Waals surface area contributed by atoms with E-state index >= 15 is 0 Å². The summed E-state index contributed by atoms with van der Waals surface area (Å²) < 4.78 is 0. The molecule has 0 saturated carbocycles. The van der Waals surface area contributed by atoms with Gasteiger partial charge in [0.2, 0.25) is 0 Å². The van der Waals surface area contributed by atoms with Crippen molar-refractivity contribution in [2.75, 3.05) is 7.05 Å². The fourth-order valence-electron chi connectivity index (χ4n) is 2.26. The lowest BCUT2D eigenvalue weighted by molar-refractivity contribution is -0.114. The standard InChI is InChI=1S/C15H12N2O2S2/c1-16-14-12(11-5-3-7-21-11)15(19)17-13(14)9(8-18)10-4-2-6-20-10/h2-8,16H,1H3,(H,17,19)/b13-9-. The molecular weight excluding hydrogens is 304 g/mol. The van der Waals surface area contributed by atoms with E-state index in [1.165, 1.54) is 22.7 Å². The predicted octanol–water partition coefficient (Wildman–Crippen LogP) is 2.48. The van der Waals surface area contributed by atoms with E-state index in [4.69, 9.17) is 0 Å². The summed E-state index contributed by atoms with van der Waals surface area (Å²) in [6.07, 6.45) is 0.788. The molecule has 3 rings (SSSR count). The normalized spacial score (nSPS) is 16.9. The van der Waals surface area contributed by atoms with Crippen molar-refractivity contribution in [1.29, 1.82) is 0 Å². The number of carbonyl (C=O) groups is 2. The van der Waals surface area contributed by atoms with Crippen LogP contribution in [0.25, 0.3) is 11.1 Å². The van der Waals surface area contributed by atoms with Crippen molar-refractivity contribution in [3.05, 3.63) is 56.2 Å². The lowest BCUT2D eigenvalue weighted by Crippen LogP contribution is -2.19. The Bertz CT molecular complexity index is 741. The smallest absolute Gasteiger partial charge is 0.259 e. The highest BCUT2D eigenvalue weighted by molar-refractivity contribution is 7.12. The van der Waals surface area contributed by atoms with Gasteiger partial charge in [-0.05, 0) is 22.9 Å². The van der Waals surface area contributed by atoms with E-state index in [2.05, 4.69) is 10.6 Å². The van der Waals surface area contributed by atoms with Gasteiger partial charge in [-0.1, -0.05) is 12.1 Å². The average Bonchev–Trinajstić information content (AvgIpc) is 3.20. The molecule has 0 saturated heterocycles. The van der Waals surface area contributed by atoms with Crippen LogP contribution in [0.4, 0.5) is 0 Å². The Morgan fingerprint density at radius 3 is 2.57 bits per heavy atom. The Labute approximate surface area is 129 Å². The summed E-state index contributed by atoms with van der Waals surface area (Å²) in [5.41, 5.74) is 2.29. The molecule has 2 N–H and O–H groups in total. The molecule has 2 aromatic rings. The zero-order valence-electron chi connectivity index (χ0n) is 11.2. The number of hydrogen-bond donors (Lipinski definition) is 2. The van der Waals surface area contributed by atoms with E-state index in [-0.39, 0.29) is 5.91 Å². The maximum absolute atomic E-state index is 12.3. The number of thiophene rings is 2. The highest BCUT2D eigenvalue weighted by atomic mass is 32.1. The first kappa shape index (κ1) is 13.8. The van der Waals surface area contributed by atoms with E-state index in [1.54, 1.807) is 7.05 Å². The second kappa shape index (κ2) is 5.67. The molecule has 0 aliphatic carbocycles. The molecule has 2 aromatic heterocycles. The predicted molar refractivity (Wildman–Crippen MR) is 85.7 cm³/mol. The number of amides is 1. The van der Waals surface area contributed by atoms with Gasteiger partial charge in [0.05, 0.1) is 22.5 Å². The largest absolute Gasteiger partial charge is 0.386 e. The summed E-state index contributed by atoms with van der Waals surface area (Å²) >= 11 is 2.96. The molecule has 1 aliphatic heterocycles. The molecule has 0 aromatic carbocycles. The number of rotatable bonds is 4. The van der Waals surface area contributed by atoms with Crippen LogP contribution >= 0.6 is 22.7 Å². The maximum Gasteiger partial charge on any atom is 0.259 e. The maximum atomic E-state index is 12.3. The van der Waals surface area contributed by atoms with Crippen molar-refractivity contribution >= 4 is 46.0 Å². The van der Waals surface area contributed by atoms with Crippen LogP contribution in [0.15, 0.2) is 46.4 Å². The lowest BCUT2D eigenvalue weighted by atomic mass is 10.1. The minimum Gasteiger partial charge on any atom is -0.386 e. The van der Waals surface area contributed by atoms with Gasteiger partial charge < -0.3 is 10.6 Å². The van der Waals surface area contributed by atoms with Crippen LogP contribution in [-0.2, 0) is 9.59 Å². The Balaban J connectivity index is 2.21. The number of hydrogen-bond acceptors (Lipinski definition) is 5. The number of allylic oxidation sites excluding steroid dienone is 1. The molecule has 0 atom stereocenters. The number of nitrogens with one attached hydrogen (secondary N) is 2. The number of aldehydes is 1. The number of likely N-dealkylation sites (N-methyl/N-ethyl adjacent to an activating group) is 1. The van der Waals surface area contributed by atoms with Crippen LogP contribution in [0.5, 0.6) is 0 Å². The molecule has 4 nitrogen and oxygen atoms in total. The van der Waals surface area contributed by atoms with E-state index in [1.807, 2.05) is 35.0 Å². The monoisotopic (exact) mass is 316 g/mol. The van der Waals surface area contributed by atoms with Crippen molar-refractivity contribution in [1.82, 2.24) is 10.6 Å². The Morgan fingerprint density at radius 1 is 1.24 bits per heavy atom. The van der Waals surface area contributed by atoms with Gasteiger partial charge in [0.15, 0.2) is 6.29 Å². The van der Waals surface area contributed by atoms with Crippen LogP contribution in [0.3, 0.4) is 0 Å². The van der Waals surface area contributed by atoms with E-state index in [0.29, 0.717) is 22.5 Å². The average molecular weight is 316 g/mol. The Hall–Kier alpha value is -2.18. The van der Waals surface area contributed by atoms with Crippen LogP contribution < -0.4 is 10.6 Å². The summed E-state index contributed by atoms with van der Waals surface area (Å²) in [5, 5.41) is 9.69. The molecular formula is C15H12N2O2S2. The first-order valence-corrected chi connectivity index (χ1v) is 8.03. The second-order valence-electron chi connectivity index (χ2n) is 4.32. The quantitative estimate of drug-likeness (QED) is 0.673. The fourth-order valence-corrected chi connectivity index (χ4v) is 3.77. The van der Waals surface area contributed by atoms with Gasteiger partial charge in [-0.15, -0.1) is 22.7 Å². The molecule has 21 heavy (non-hydrogen) atoms. The van der Waals surface area contributed by atoms with Gasteiger partial charge in [-0.25, -0.2) is 0 Å². The van der Waals surface area contributed by atoms with E-state index in [0.717, 1.165) is 16.0 Å². The zero-order chi connectivity index (χ0) is 14.8. The van der Waals surface area contributed by atoms with Crippen molar-refractivity contribution in [3.8, 4) is 0 Å². The molecule has 0 bridgehead atoms. The molecule has 1 aliphatic rings. The van der Waals surface area contributed by atoms with Crippen molar-refractivity contribution in [2.45, 2.75) is 0 Å². The van der Waals surface area contributed by atoms with Gasteiger partial charge in [0.25, 0.3) is 5.91 Å². The van der Waals surface area contributed by atoms with Gasteiger partial charge in [0, 0.05) is 16.8 Å². The first-order chi connectivity index (χ1) is 10.3. The molecule has 0 spiro atoms. The molecule has 3 heterocycles. The highest BCUT2D eigenvalue weighted by Gasteiger charge is 2.31. The molecule has 6 heteroatoms. The molecule has 0 radical (unpaired) electrons. The summed E-state index contributed by atoms with van der Waals surface area (Å²) in [6.45, 7) is 0. The van der Waals surface area contributed by atoms with Crippen LogP contribution in [0.1, 0.15) is 9.75 Å². The summed E-state index contributed by atoms with van der Waals surface area (Å²) in [4.78, 5) is 25.5. The third-order valence-corrected chi connectivity index (χ3v) is 4.95. The Morgan fingerprint density at radius 2 is 2.00 bits per heavy atom. The molecule has 0 unspecified atom stereocenters. The summed E-state index contributed by atoms with van der Waals surface area (Å²) in [7, 11) is 1.75. The third-order valence-electron chi connectivity index (χ3n) is 3.16. The molecule has 1 amide bonds.